The first-order chi connectivity index (χ1) is 16.7. The molecular weight excluding hydrogens is 515 g/mol. The molecule has 12 heteroatoms. The van der Waals surface area contributed by atoms with Crippen molar-refractivity contribution in [3.8, 4) is 0 Å². The van der Waals surface area contributed by atoms with E-state index in [4.69, 9.17) is 11.6 Å². The maximum atomic E-state index is 12.9. The highest BCUT2D eigenvalue weighted by Crippen LogP contribution is 2.30. The second-order valence-electron chi connectivity index (χ2n) is 9.64. The largest absolute Gasteiger partial charge is 0.416 e. The van der Waals surface area contributed by atoms with E-state index in [0.717, 1.165) is 23.9 Å². The lowest BCUT2D eigenvalue weighted by molar-refractivity contribution is -0.142. The molecule has 2 heterocycles. The van der Waals surface area contributed by atoms with E-state index >= 15 is 0 Å². The number of amides is 2. The minimum absolute atomic E-state index is 0.0167. The Balaban J connectivity index is 1.57. The lowest BCUT2D eigenvalue weighted by Gasteiger charge is -2.42. The Morgan fingerprint density at radius 3 is 2.53 bits per heavy atom. The fourth-order valence-corrected chi connectivity index (χ4v) is 4.66. The van der Waals surface area contributed by atoms with Crippen molar-refractivity contribution in [3.05, 3.63) is 46.6 Å². The third-order valence-electron chi connectivity index (χ3n) is 5.59. The third kappa shape index (κ3) is 7.49. The number of rotatable bonds is 6. The van der Waals surface area contributed by atoms with Gasteiger partial charge in [0.15, 0.2) is 5.16 Å². The summed E-state index contributed by atoms with van der Waals surface area (Å²) in [6.45, 7) is 9.38. The molecule has 7 nitrogen and oxygen atoms in total. The lowest BCUT2D eigenvalue weighted by Crippen LogP contribution is -2.56. The first kappa shape index (κ1) is 28.0. The van der Waals surface area contributed by atoms with Crippen molar-refractivity contribution >= 4 is 41.0 Å². The van der Waals surface area contributed by atoms with E-state index < -0.39 is 17.2 Å². The normalized spacial score (nSPS) is 16.7. The van der Waals surface area contributed by atoms with Gasteiger partial charge in [0.2, 0.25) is 11.8 Å². The van der Waals surface area contributed by atoms with Crippen LogP contribution in [0.25, 0.3) is 0 Å². The Morgan fingerprint density at radius 2 is 1.89 bits per heavy atom. The highest BCUT2D eigenvalue weighted by molar-refractivity contribution is 7.99. The van der Waals surface area contributed by atoms with E-state index in [2.05, 4.69) is 15.3 Å². The summed E-state index contributed by atoms with van der Waals surface area (Å²) in [6, 6.07) is 6.45. The van der Waals surface area contributed by atoms with E-state index in [1.807, 2.05) is 37.5 Å². The average Bonchev–Trinajstić information content (AvgIpc) is 2.79. The van der Waals surface area contributed by atoms with Crippen LogP contribution in [0.15, 0.2) is 35.5 Å². The SMILES string of the molecule is CC1CN(c2cc(Cl)nc(SCC(=O)NCc3cccc(C(F)(F)F)c3)n2)CCN1C(=O)C(C)(C)C. The van der Waals surface area contributed by atoms with Crippen molar-refractivity contribution in [3.63, 3.8) is 0 Å². The maximum absolute atomic E-state index is 12.9. The van der Waals surface area contributed by atoms with Gasteiger partial charge in [0, 0.05) is 43.7 Å². The van der Waals surface area contributed by atoms with E-state index in [9.17, 15) is 22.8 Å². The molecule has 0 saturated carbocycles. The number of halogens is 4. The van der Waals surface area contributed by atoms with Gasteiger partial charge in [-0.05, 0) is 24.6 Å². The fraction of sp³-hybridized carbons (Fsp3) is 0.500. The molecule has 1 aromatic carbocycles. The molecule has 1 aliphatic heterocycles. The Hall–Kier alpha value is -2.53. The molecule has 1 aromatic heterocycles. The van der Waals surface area contributed by atoms with Crippen molar-refractivity contribution < 1.29 is 22.8 Å². The Bertz CT molecular complexity index is 1110. The smallest absolute Gasteiger partial charge is 0.353 e. The van der Waals surface area contributed by atoms with Crippen LogP contribution < -0.4 is 10.2 Å². The summed E-state index contributed by atoms with van der Waals surface area (Å²) in [6.07, 6.45) is -4.44. The second-order valence-corrected chi connectivity index (χ2v) is 11.0. The number of alkyl halides is 3. The molecular formula is C24H29ClF3N5O2S. The van der Waals surface area contributed by atoms with Gasteiger partial charge < -0.3 is 15.1 Å². The molecule has 0 spiro atoms. The molecule has 0 aliphatic carbocycles. The van der Waals surface area contributed by atoms with Crippen LogP contribution >= 0.6 is 23.4 Å². The molecule has 1 fully saturated rings. The first-order valence-corrected chi connectivity index (χ1v) is 12.8. The Kier molecular flexibility index (Phi) is 8.76. The highest BCUT2D eigenvalue weighted by atomic mass is 35.5. The van der Waals surface area contributed by atoms with E-state index in [0.29, 0.717) is 36.2 Å². The molecule has 1 aliphatic rings. The van der Waals surface area contributed by atoms with Crippen molar-refractivity contribution in [2.75, 3.05) is 30.3 Å². The molecule has 1 saturated heterocycles. The van der Waals surface area contributed by atoms with Gasteiger partial charge in [-0.3, -0.25) is 9.59 Å². The minimum Gasteiger partial charge on any atom is -0.353 e. The van der Waals surface area contributed by atoms with Crippen LogP contribution in [0.2, 0.25) is 5.15 Å². The predicted molar refractivity (Wildman–Crippen MR) is 134 cm³/mol. The zero-order valence-corrected chi connectivity index (χ0v) is 22.1. The van der Waals surface area contributed by atoms with Gasteiger partial charge in [-0.1, -0.05) is 56.3 Å². The van der Waals surface area contributed by atoms with Crippen LogP contribution in [0.4, 0.5) is 19.0 Å². The van der Waals surface area contributed by atoms with Crippen molar-refractivity contribution in [1.82, 2.24) is 20.2 Å². The molecule has 2 amide bonds. The van der Waals surface area contributed by atoms with Gasteiger partial charge >= 0.3 is 6.18 Å². The number of hydrogen-bond donors (Lipinski definition) is 1. The summed E-state index contributed by atoms with van der Waals surface area (Å²) in [5.41, 5.74) is -0.871. The summed E-state index contributed by atoms with van der Waals surface area (Å²) in [5.74, 6) is 0.313. The number of thioether (sulfide) groups is 1. The third-order valence-corrected chi connectivity index (χ3v) is 6.63. The molecule has 0 radical (unpaired) electrons. The van der Waals surface area contributed by atoms with E-state index in [1.165, 1.54) is 12.1 Å². The zero-order chi connectivity index (χ0) is 26.7. The number of carbonyl (C=O) groups is 2. The molecule has 1 atom stereocenters. The van der Waals surface area contributed by atoms with E-state index in [-0.39, 0.29) is 35.3 Å². The number of nitrogens with zero attached hydrogens (tertiary/aromatic N) is 4. The number of nitrogens with one attached hydrogen (secondary N) is 1. The van der Waals surface area contributed by atoms with Crippen LogP contribution in [0.5, 0.6) is 0 Å². The molecule has 3 rings (SSSR count). The summed E-state index contributed by atoms with van der Waals surface area (Å²) < 4.78 is 38.6. The minimum atomic E-state index is -4.44. The van der Waals surface area contributed by atoms with E-state index in [1.54, 1.807) is 6.07 Å². The maximum Gasteiger partial charge on any atom is 0.416 e. The molecule has 196 valence electrons. The summed E-state index contributed by atoms with van der Waals surface area (Å²) in [5, 5.41) is 3.15. The van der Waals surface area contributed by atoms with Gasteiger partial charge in [-0.2, -0.15) is 13.2 Å². The highest BCUT2D eigenvalue weighted by Gasteiger charge is 2.34. The topological polar surface area (TPSA) is 78.4 Å². The standard InChI is InChI=1S/C24H29ClF3N5O2S/c1-15-13-32(8-9-33(15)21(35)23(2,3)4)19-11-18(25)30-22(31-19)36-14-20(34)29-12-16-6-5-7-17(10-16)24(26,27)28/h5-7,10-11,15H,8-9,12-14H2,1-4H3,(H,29,34). The fourth-order valence-electron chi connectivity index (χ4n) is 3.75. The Morgan fingerprint density at radius 1 is 1.17 bits per heavy atom. The number of hydrogen-bond acceptors (Lipinski definition) is 6. The number of aromatic nitrogens is 2. The van der Waals surface area contributed by atoms with Crippen molar-refractivity contribution in [1.29, 1.82) is 0 Å². The van der Waals surface area contributed by atoms with Gasteiger partial charge in [-0.15, -0.1) is 0 Å². The monoisotopic (exact) mass is 543 g/mol. The average molecular weight is 544 g/mol. The van der Waals surface area contributed by atoms with Crippen LogP contribution in [0.1, 0.15) is 38.8 Å². The number of carbonyl (C=O) groups excluding carboxylic acids is 2. The molecule has 1 unspecified atom stereocenters. The van der Waals surface area contributed by atoms with Crippen molar-refractivity contribution in [2.45, 2.75) is 51.6 Å². The number of benzene rings is 1. The summed E-state index contributed by atoms with van der Waals surface area (Å²) >= 11 is 7.29. The summed E-state index contributed by atoms with van der Waals surface area (Å²) in [7, 11) is 0. The first-order valence-electron chi connectivity index (χ1n) is 11.4. The zero-order valence-electron chi connectivity index (χ0n) is 20.5. The van der Waals surface area contributed by atoms with Gasteiger partial charge in [0.05, 0.1) is 11.3 Å². The van der Waals surface area contributed by atoms with Crippen LogP contribution in [-0.4, -0.2) is 58.1 Å². The summed E-state index contributed by atoms with van der Waals surface area (Å²) in [4.78, 5) is 37.6. The number of piperazine rings is 1. The van der Waals surface area contributed by atoms with Crippen LogP contribution in [0.3, 0.4) is 0 Å². The van der Waals surface area contributed by atoms with Crippen LogP contribution in [-0.2, 0) is 22.3 Å². The quantitative estimate of drug-likeness (QED) is 0.325. The van der Waals surface area contributed by atoms with Gasteiger partial charge in [0.25, 0.3) is 0 Å². The van der Waals surface area contributed by atoms with Gasteiger partial charge in [-0.25, -0.2) is 9.97 Å². The lowest BCUT2D eigenvalue weighted by atomic mass is 9.93. The van der Waals surface area contributed by atoms with Crippen molar-refractivity contribution in [2.24, 2.45) is 5.41 Å². The molecule has 36 heavy (non-hydrogen) atoms. The molecule has 0 bridgehead atoms. The molecule has 1 N–H and O–H groups in total. The predicted octanol–water partition coefficient (Wildman–Crippen LogP) is 4.64. The molecule has 2 aromatic rings. The Labute approximate surface area is 217 Å². The van der Waals surface area contributed by atoms with Gasteiger partial charge in [0.1, 0.15) is 11.0 Å². The van der Waals surface area contributed by atoms with Crippen LogP contribution in [0, 0.1) is 5.41 Å². The number of anilines is 1. The second kappa shape index (κ2) is 11.2.